The molecule has 0 saturated heterocycles. The fourth-order valence-corrected chi connectivity index (χ4v) is 3.81. The second-order valence-electron chi connectivity index (χ2n) is 8.54. The molecule has 0 saturated carbocycles. The van der Waals surface area contributed by atoms with Gasteiger partial charge in [0.15, 0.2) is 0 Å². The van der Waals surface area contributed by atoms with Gasteiger partial charge in [-0.05, 0) is 36.8 Å². The molecule has 0 radical (unpaired) electrons. The Kier molecular flexibility index (Phi) is 14.5. The summed E-state index contributed by atoms with van der Waals surface area (Å²) in [6, 6.07) is 3.70. The number of carbonyl (C=O) groups is 6. The van der Waals surface area contributed by atoms with Crippen LogP contribution in [0.4, 0.5) is 0 Å². The Bertz CT molecular complexity index is 978. The quantitative estimate of drug-likeness (QED) is 0.117. The summed E-state index contributed by atoms with van der Waals surface area (Å²) >= 11 is 1.39. The van der Waals surface area contributed by atoms with E-state index in [0.717, 1.165) is 0 Å². The number of carbonyl (C=O) groups excluding carboxylic acids is 4. The van der Waals surface area contributed by atoms with Crippen molar-refractivity contribution >= 4 is 47.3 Å². The van der Waals surface area contributed by atoms with Crippen molar-refractivity contribution in [3.8, 4) is 0 Å². The van der Waals surface area contributed by atoms with E-state index in [0.29, 0.717) is 11.3 Å². The Balaban J connectivity index is 3.10. The minimum atomic E-state index is -1.38. The lowest BCUT2D eigenvalue weighted by molar-refractivity contribution is -0.143. The number of nitrogens with one attached hydrogen (secondary N) is 3. The third-order valence-corrected chi connectivity index (χ3v) is 6.10. The molecule has 0 fully saturated rings. The standard InChI is InChI=1S/C24H35N5O8S/c1-38-12-11-17(24(36)37)28-22(34)16(8-10-20(31)32)27-23(35)18(13-14-5-3-2-4-6-14)29-21(33)15(25)7-9-19(26)30/h2-6,15-18H,7-13,25H2,1H3,(H2,26,30)(H,27,35)(H,28,34)(H,29,33)(H,31,32)(H,36,37). The second kappa shape index (κ2) is 17.0. The van der Waals surface area contributed by atoms with E-state index in [1.807, 2.05) is 0 Å². The molecule has 0 aliphatic rings. The first-order valence-electron chi connectivity index (χ1n) is 11.9. The van der Waals surface area contributed by atoms with Crippen molar-refractivity contribution in [2.45, 2.75) is 62.7 Å². The first kappa shape index (κ1) is 32.4. The molecule has 4 amide bonds. The van der Waals surface area contributed by atoms with Crippen molar-refractivity contribution in [2.24, 2.45) is 11.5 Å². The Morgan fingerprint density at radius 2 is 1.39 bits per heavy atom. The summed E-state index contributed by atoms with van der Waals surface area (Å²) in [5.74, 6) is -5.07. The molecule has 14 heteroatoms. The summed E-state index contributed by atoms with van der Waals surface area (Å²) in [6.07, 6.45) is 0.940. The molecule has 13 nitrogen and oxygen atoms in total. The van der Waals surface area contributed by atoms with Gasteiger partial charge in [0.2, 0.25) is 23.6 Å². The van der Waals surface area contributed by atoms with Crippen molar-refractivity contribution in [3.05, 3.63) is 35.9 Å². The van der Waals surface area contributed by atoms with Gasteiger partial charge in [-0.25, -0.2) is 4.79 Å². The SMILES string of the molecule is CSCCC(NC(=O)C(CCC(=O)O)NC(=O)C(Cc1ccccc1)NC(=O)C(N)CCC(N)=O)C(=O)O. The largest absolute Gasteiger partial charge is 0.481 e. The van der Waals surface area contributed by atoms with Crippen molar-refractivity contribution in [1.29, 1.82) is 0 Å². The lowest BCUT2D eigenvalue weighted by atomic mass is 10.0. The van der Waals surface area contributed by atoms with Crippen LogP contribution < -0.4 is 27.4 Å². The van der Waals surface area contributed by atoms with E-state index in [9.17, 15) is 33.9 Å². The highest BCUT2D eigenvalue weighted by molar-refractivity contribution is 7.98. The van der Waals surface area contributed by atoms with Gasteiger partial charge in [0.25, 0.3) is 0 Å². The molecule has 38 heavy (non-hydrogen) atoms. The van der Waals surface area contributed by atoms with Crippen LogP contribution in [0.15, 0.2) is 30.3 Å². The minimum Gasteiger partial charge on any atom is -0.481 e. The monoisotopic (exact) mass is 553 g/mol. The Labute approximate surface area is 224 Å². The van der Waals surface area contributed by atoms with Crippen molar-refractivity contribution in [3.63, 3.8) is 0 Å². The molecule has 4 atom stereocenters. The zero-order valence-corrected chi connectivity index (χ0v) is 21.9. The van der Waals surface area contributed by atoms with E-state index in [4.69, 9.17) is 16.6 Å². The molecule has 0 aromatic heterocycles. The van der Waals surface area contributed by atoms with E-state index >= 15 is 0 Å². The van der Waals surface area contributed by atoms with Gasteiger partial charge in [-0.1, -0.05) is 30.3 Å². The number of thioether (sulfide) groups is 1. The molecule has 210 valence electrons. The molecule has 0 spiro atoms. The van der Waals surface area contributed by atoms with Gasteiger partial charge < -0.3 is 37.6 Å². The van der Waals surface area contributed by atoms with Crippen LogP contribution in [0, 0.1) is 0 Å². The number of hydrogen-bond acceptors (Lipinski definition) is 8. The zero-order valence-electron chi connectivity index (χ0n) is 21.1. The Hall–Kier alpha value is -3.65. The molecule has 1 aromatic carbocycles. The average molecular weight is 554 g/mol. The van der Waals surface area contributed by atoms with Crippen LogP contribution in [0.25, 0.3) is 0 Å². The lowest BCUT2D eigenvalue weighted by Gasteiger charge is -2.25. The number of nitrogens with two attached hydrogens (primary N) is 2. The van der Waals surface area contributed by atoms with Gasteiger partial charge in [-0.15, -0.1) is 0 Å². The summed E-state index contributed by atoms with van der Waals surface area (Å²) in [4.78, 5) is 72.5. The Morgan fingerprint density at radius 3 is 1.95 bits per heavy atom. The number of benzene rings is 1. The number of primary amides is 1. The molecule has 1 rings (SSSR count). The second-order valence-corrected chi connectivity index (χ2v) is 9.52. The maximum absolute atomic E-state index is 13.2. The molecule has 0 aliphatic heterocycles. The van der Waals surface area contributed by atoms with Crippen LogP contribution in [-0.4, -0.2) is 82.0 Å². The topological polar surface area (TPSA) is 231 Å². The van der Waals surface area contributed by atoms with Gasteiger partial charge >= 0.3 is 11.9 Å². The van der Waals surface area contributed by atoms with E-state index < -0.39 is 66.2 Å². The van der Waals surface area contributed by atoms with Crippen LogP contribution in [0.2, 0.25) is 0 Å². The van der Waals surface area contributed by atoms with Crippen LogP contribution in [0.5, 0.6) is 0 Å². The number of amides is 4. The number of hydrogen-bond donors (Lipinski definition) is 7. The maximum atomic E-state index is 13.2. The highest BCUT2D eigenvalue weighted by Crippen LogP contribution is 2.08. The lowest BCUT2D eigenvalue weighted by Crippen LogP contribution is -2.57. The first-order chi connectivity index (χ1) is 17.9. The van der Waals surface area contributed by atoms with E-state index in [1.165, 1.54) is 11.8 Å². The van der Waals surface area contributed by atoms with Crippen LogP contribution >= 0.6 is 11.8 Å². The number of aliphatic carboxylic acids is 2. The van der Waals surface area contributed by atoms with E-state index in [-0.39, 0.29) is 32.1 Å². The molecular weight excluding hydrogens is 518 g/mol. The minimum absolute atomic E-state index is 0.0136. The normalized spacial score (nSPS) is 13.8. The number of rotatable bonds is 18. The van der Waals surface area contributed by atoms with Gasteiger partial charge in [0.1, 0.15) is 18.1 Å². The zero-order chi connectivity index (χ0) is 28.7. The molecule has 9 N–H and O–H groups in total. The fourth-order valence-electron chi connectivity index (χ4n) is 3.34. The molecule has 4 unspecified atom stereocenters. The third-order valence-electron chi connectivity index (χ3n) is 5.46. The molecule has 0 aliphatic carbocycles. The van der Waals surface area contributed by atoms with Crippen LogP contribution in [0.1, 0.15) is 37.7 Å². The summed E-state index contributed by atoms with van der Waals surface area (Å²) in [5, 5.41) is 25.8. The van der Waals surface area contributed by atoms with Gasteiger partial charge in [0.05, 0.1) is 6.04 Å². The number of carboxylic acids is 2. The molecule has 0 heterocycles. The van der Waals surface area contributed by atoms with Gasteiger partial charge in [-0.3, -0.25) is 24.0 Å². The molecular formula is C24H35N5O8S. The predicted octanol–water partition coefficient (Wildman–Crippen LogP) is -1.02. The van der Waals surface area contributed by atoms with Crippen molar-refractivity contribution in [2.75, 3.05) is 12.0 Å². The summed E-state index contributed by atoms with van der Waals surface area (Å²) < 4.78 is 0. The summed E-state index contributed by atoms with van der Waals surface area (Å²) in [6.45, 7) is 0. The first-order valence-corrected chi connectivity index (χ1v) is 13.3. The fraction of sp³-hybridized carbons (Fsp3) is 0.500. The van der Waals surface area contributed by atoms with E-state index in [2.05, 4.69) is 16.0 Å². The van der Waals surface area contributed by atoms with Crippen LogP contribution in [0.3, 0.4) is 0 Å². The van der Waals surface area contributed by atoms with Gasteiger partial charge in [-0.2, -0.15) is 11.8 Å². The highest BCUT2D eigenvalue weighted by Gasteiger charge is 2.30. The average Bonchev–Trinajstić information content (AvgIpc) is 2.86. The maximum Gasteiger partial charge on any atom is 0.326 e. The Morgan fingerprint density at radius 1 is 0.816 bits per heavy atom. The van der Waals surface area contributed by atoms with E-state index in [1.54, 1.807) is 36.6 Å². The summed E-state index contributed by atoms with van der Waals surface area (Å²) in [7, 11) is 0. The van der Waals surface area contributed by atoms with Gasteiger partial charge in [0, 0.05) is 19.3 Å². The molecule has 0 bridgehead atoms. The highest BCUT2D eigenvalue weighted by atomic mass is 32.2. The van der Waals surface area contributed by atoms with Crippen LogP contribution in [-0.2, 0) is 35.2 Å². The van der Waals surface area contributed by atoms with Crippen molar-refractivity contribution < 1.29 is 39.0 Å². The third kappa shape index (κ3) is 12.5. The smallest absolute Gasteiger partial charge is 0.326 e. The molecule has 1 aromatic rings. The predicted molar refractivity (Wildman–Crippen MR) is 140 cm³/mol. The summed E-state index contributed by atoms with van der Waals surface area (Å²) in [5.41, 5.74) is 11.6. The number of carboxylic acid groups (broad SMARTS) is 2. The van der Waals surface area contributed by atoms with Crippen molar-refractivity contribution in [1.82, 2.24) is 16.0 Å².